The second kappa shape index (κ2) is 3.95. The summed E-state index contributed by atoms with van der Waals surface area (Å²) in [6, 6.07) is 6.61. The zero-order valence-corrected chi connectivity index (χ0v) is 9.42. The molecule has 0 bridgehead atoms. The Labute approximate surface area is 91.7 Å². The lowest BCUT2D eigenvalue weighted by molar-refractivity contribution is 0.506. The molecule has 15 heavy (non-hydrogen) atoms. The molecule has 0 radical (unpaired) electrons. The summed E-state index contributed by atoms with van der Waals surface area (Å²) in [4.78, 5) is 0. The van der Waals surface area contributed by atoms with Crippen LogP contribution in [0.1, 0.15) is 36.5 Å². The minimum absolute atomic E-state index is 0.382. The van der Waals surface area contributed by atoms with Crippen molar-refractivity contribution in [2.45, 2.75) is 38.1 Å². The average molecular weight is 204 g/mol. The number of nitrogens with two attached hydrogens (primary N) is 2. The van der Waals surface area contributed by atoms with E-state index in [2.05, 4.69) is 18.2 Å². The smallest absolute Gasteiger partial charge is 0.0505 e. The summed E-state index contributed by atoms with van der Waals surface area (Å²) >= 11 is 0. The maximum absolute atomic E-state index is 6.15. The summed E-state index contributed by atoms with van der Waals surface area (Å²) in [6.45, 7) is 2.49. The van der Waals surface area contributed by atoms with Crippen molar-refractivity contribution < 1.29 is 0 Å². The van der Waals surface area contributed by atoms with Crippen LogP contribution in [0.25, 0.3) is 0 Å². The van der Waals surface area contributed by atoms with Gasteiger partial charge < -0.3 is 11.5 Å². The van der Waals surface area contributed by atoms with Crippen LogP contribution >= 0.6 is 0 Å². The number of fused-ring (bicyclic) bond motifs is 1. The van der Waals surface area contributed by atoms with Crippen LogP contribution in [0.3, 0.4) is 0 Å². The topological polar surface area (TPSA) is 52.0 Å². The summed E-state index contributed by atoms with van der Waals surface area (Å²) in [5.74, 6) is 0. The normalized spacial score (nSPS) is 19.4. The quantitative estimate of drug-likeness (QED) is 0.770. The molecule has 2 nitrogen and oxygen atoms in total. The molecule has 82 valence electrons. The fourth-order valence-electron chi connectivity index (χ4n) is 2.21. The van der Waals surface area contributed by atoms with Gasteiger partial charge in [0.15, 0.2) is 0 Å². The summed E-state index contributed by atoms with van der Waals surface area (Å²) in [6.07, 6.45) is 5.05. The van der Waals surface area contributed by atoms with Gasteiger partial charge >= 0.3 is 0 Å². The SMILES string of the molecule is CC(N)(CN)c1ccc2c(c1)CCCC2. The van der Waals surface area contributed by atoms with Gasteiger partial charge in [0.2, 0.25) is 0 Å². The average Bonchev–Trinajstić information content (AvgIpc) is 2.28. The molecule has 0 heterocycles. The monoisotopic (exact) mass is 204 g/mol. The Morgan fingerprint density at radius 2 is 1.87 bits per heavy atom. The molecule has 1 aliphatic rings. The van der Waals surface area contributed by atoms with Crippen LogP contribution < -0.4 is 11.5 Å². The molecule has 0 aliphatic heterocycles. The lowest BCUT2D eigenvalue weighted by atomic mass is 9.85. The molecule has 0 aromatic heterocycles. The predicted octanol–water partition coefficient (Wildman–Crippen LogP) is 1.70. The zero-order chi connectivity index (χ0) is 10.9. The largest absolute Gasteiger partial charge is 0.328 e. The van der Waals surface area contributed by atoms with Gasteiger partial charge in [0.1, 0.15) is 0 Å². The van der Waals surface area contributed by atoms with Gasteiger partial charge in [-0.2, -0.15) is 0 Å². The summed E-state index contributed by atoms with van der Waals surface area (Å²) in [7, 11) is 0. The lowest BCUT2D eigenvalue weighted by Gasteiger charge is -2.25. The van der Waals surface area contributed by atoms with E-state index in [0.717, 1.165) is 0 Å². The highest BCUT2D eigenvalue weighted by Gasteiger charge is 2.20. The van der Waals surface area contributed by atoms with Gasteiger partial charge in [-0.3, -0.25) is 0 Å². The Hall–Kier alpha value is -0.860. The van der Waals surface area contributed by atoms with Crippen LogP contribution in [-0.2, 0) is 18.4 Å². The van der Waals surface area contributed by atoms with E-state index in [4.69, 9.17) is 11.5 Å². The first-order chi connectivity index (χ1) is 7.13. The van der Waals surface area contributed by atoms with Crippen molar-refractivity contribution in [2.24, 2.45) is 11.5 Å². The van der Waals surface area contributed by atoms with Crippen LogP contribution in [0, 0.1) is 0 Å². The Kier molecular flexibility index (Phi) is 2.81. The Bertz CT molecular complexity index is 356. The van der Waals surface area contributed by atoms with Gasteiger partial charge in [0.25, 0.3) is 0 Å². The first-order valence-corrected chi connectivity index (χ1v) is 5.75. The Morgan fingerprint density at radius 1 is 1.20 bits per heavy atom. The fraction of sp³-hybridized carbons (Fsp3) is 0.538. The van der Waals surface area contributed by atoms with E-state index < -0.39 is 0 Å². The van der Waals surface area contributed by atoms with E-state index in [1.54, 1.807) is 0 Å². The molecule has 1 aliphatic carbocycles. The second-order valence-corrected chi connectivity index (χ2v) is 4.81. The zero-order valence-electron chi connectivity index (χ0n) is 9.42. The molecule has 0 saturated carbocycles. The van der Waals surface area contributed by atoms with Crippen LogP contribution in [-0.4, -0.2) is 6.54 Å². The third-order valence-electron chi connectivity index (χ3n) is 3.43. The minimum atomic E-state index is -0.382. The molecule has 2 heteroatoms. The first kappa shape index (κ1) is 10.7. The maximum Gasteiger partial charge on any atom is 0.0505 e. The molecule has 2 rings (SSSR count). The van der Waals surface area contributed by atoms with Gasteiger partial charge in [0, 0.05) is 6.54 Å². The molecular formula is C13H20N2. The summed E-state index contributed by atoms with van der Waals surface area (Å²) in [5.41, 5.74) is 15.6. The molecule has 1 unspecified atom stereocenters. The highest BCUT2D eigenvalue weighted by Crippen LogP contribution is 2.25. The molecule has 0 spiro atoms. The van der Waals surface area contributed by atoms with Crippen LogP contribution in [0.15, 0.2) is 18.2 Å². The Morgan fingerprint density at radius 3 is 2.53 bits per heavy atom. The van der Waals surface area contributed by atoms with Crippen molar-refractivity contribution in [2.75, 3.05) is 6.54 Å². The van der Waals surface area contributed by atoms with Crippen molar-refractivity contribution in [3.05, 3.63) is 34.9 Å². The molecular weight excluding hydrogens is 184 g/mol. The van der Waals surface area contributed by atoms with Gasteiger partial charge in [-0.05, 0) is 49.3 Å². The summed E-state index contributed by atoms with van der Waals surface area (Å²) in [5, 5.41) is 0. The molecule has 1 aromatic rings. The van der Waals surface area contributed by atoms with Gasteiger partial charge in [-0.15, -0.1) is 0 Å². The molecule has 0 fully saturated rings. The number of hydrogen-bond acceptors (Lipinski definition) is 2. The lowest BCUT2D eigenvalue weighted by Crippen LogP contribution is -2.41. The Balaban J connectivity index is 2.36. The van der Waals surface area contributed by atoms with E-state index in [1.807, 2.05) is 6.92 Å². The highest BCUT2D eigenvalue weighted by molar-refractivity contribution is 5.36. The van der Waals surface area contributed by atoms with Gasteiger partial charge in [0.05, 0.1) is 5.54 Å². The third kappa shape index (κ3) is 2.06. The molecule has 0 saturated heterocycles. The van der Waals surface area contributed by atoms with Gasteiger partial charge in [-0.1, -0.05) is 18.2 Å². The maximum atomic E-state index is 6.15. The standard InChI is InChI=1S/C13H20N2/c1-13(15,9-14)12-7-6-10-4-2-3-5-11(10)8-12/h6-8H,2-5,9,14-15H2,1H3. The second-order valence-electron chi connectivity index (χ2n) is 4.81. The van der Waals surface area contributed by atoms with E-state index in [-0.39, 0.29) is 5.54 Å². The molecule has 0 amide bonds. The number of aryl methyl sites for hydroxylation is 2. The minimum Gasteiger partial charge on any atom is -0.328 e. The summed E-state index contributed by atoms with van der Waals surface area (Å²) < 4.78 is 0. The molecule has 4 N–H and O–H groups in total. The van der Waals surface area contributed by atoms with Crippen LogP contribution in [0.4, 0.5) is 0 Å². The number of benzene rings is 1. The fourth-order valence-corrected chi connectivity index (χ4v) is 2.21. The van der Waals surface area contributed by atoms with Gasteiger partial charge in [-0.25, -0.2) is 0 Å². The van der Waals surface area contributed by atoms with Crippen LogP contribution in [0.5, 0.6) is 0 Å². The molecule has 1 aromatic carbocycles. The third-order valence-corrected chi connectivity index (χ3v) is 3.43. The number of rotatable bonds is 2. The van der Waals surface area contributed by atoms with Crippen molar-refractivity contribution in [3.8, 4) is 0 Å². The highest BCUT2D eigenvalue weighted by atomic mass is 14.8. The van der Waals surface area contributed by atoms with E-state index in [0.29, 0.717) is 6.54 Å². The first-order valence-electron chi connectivity index (χ1n) is 5.75. The van der Waals surface area contributed by atoms with Crippen molar-refractivity contribution in [1.82, 2.24) is 0 Å². The number of hydrogen-bond donors (Lipinski definition) is 2. The predicted molar refractivity (Wildman–Crippen MR) is 63.7 cm³/mol. The van der Waals surface area contributed by atoms with Crippen molar-refractivity contribution in [1.29, 1.82) is 0 Å². The van der Waals surface area contributed by atoms with Crippen LogP contribution in [0.2, 0.25) is 0 Å². The van der Waals surface area contributed by atoms with E-state index in [9.17, 15) is 0 Å². The van der Waals surface area contributed by atoms with Crippen molar-refractivity contribution >= 4 is 0 Å². The van der Waals surface area contributed by atoms with E-state index in [1.165, 1.54) is 42.4 Å². The van der Waals surface area contributed by atoms with Crippen molar-refractivity contribution in [3.63, 3.8) is 0 Å². The van der Waals surface area contributed by atoms with E-state index >= 15 is 0 Å². The molecule has 1 atom stereocenters.